The Morgan fingerprint density at radius 2 is 2.12 bits per heavy atom. The number of carbonyl (C=O) groups excluding carboxylic acids is 1. The lowest BCUT2D eigenvalue weighted by Gasteiger charge is -2.38. The molecule has 8 heteroatoms. The van der Waals surface area contributed by atoms with Gasteiger partial charge in [0.25, 0.3) is 5.91 Å². The maximum absolute atomic E-state index is 14.1. The van der Waals surface area contributed by atoms with Crippen LogP contribution in [-0.4, -0.2) is 39.7 Å². The first-order chi connectivity index (χ1) is 12.1. The van der Waals surface area contributed by atoms with E-state index in [2.05, 4.69) is 15.6 Å². The Morgan fingerprint density at radius 3 is 2.84 bits per heavy atom. The fourth-order valence-corrected chi connectivity index (χ4v) is 3.62. The number of nitrogens with one attached hydrogen (secondary N) is 1. The zero-order valence-corrected chi connectivity index (χ0v) is 14.3. The minimum absolute atomic E-state index is 0.00565. The maximum Gasteiger partial charge on any atom is 0.273 e. The number of benzene rings is 1. The molecular weight excluding hydrogens is 347 g/mol. The van der Waals surface area contributed by atoms with Crippen molar-refractivity contribution in [2.75, 3.05) is 13.2 Å². The average Bonchev–Trinajstić information content (AvgIpc) is 3.36. The standard InChI is InChI=1S/C17H18ClFN4O2/c18-12-2-1-3-14(15(12)19)23-10-13(21-22-23)16(24)20-17(11-4-5-11)6-8-25-9-7-17/h1-3,10-11H,4-9H2,(H,20,24). The van der Waals surface area contributed by atoms with Crippen LogP contribution in [0, 0.1) is 11.7 Å². The minimum Gasteiger partial charge on any atom is -0.381 e. The van der Waals surface area contributed by atoms with E-state index in [0.29, 0.717) is 19.1 Å². The highest BCUT2D eigenvalue weighted by Gasteiger charge is 2.47. The van der Waals surface area contributed by atoms with Crippen LogP contribution < -0.4 is 5.32 Å². The second-order valence-electron chi connectivity index (χ2n) is 6.62. The van der Waals surface area contributed by atoms with Gasteiger partial charge in [-0.2, -0.15) is 0 Å². The molecule has 0 atom stereocenters. The van der Waals surface area contributed by atoms with Crippen LogP contribution in [-0.2, 0) is 4.74 Å². The molecule has 25 heavy (non-hydrogen) atoms. The third-order valence-corrected chi connectivity index (χ3v) is 5.30. The molecule has 2 heterocycles. The smallest absolute Gasteiger partial charge is 0.273 e. The summed E-state index contributed by atoms with van der Waals surface area (Å²) in [5.41, 5.74) is 0.0911. The lowest BCUT2D eigenvalue weighted by molar-refractivity contribution is 0.0275. The average molecular weight is 365 g/mol. The van der Waals surface area contributed by atoms with Crippen molar-refractivity contribution in [1.29, 1.82) is 0 Å². The Morgan fingerprint density at radius 1 is 1.36 bits per heavy atom. The van der Waals surface area contributed by atoms with Crippen LogP contribution in [0.2, 0.25) is 5.02 Å². The monoisotopic (exact) mass is 364 g/mol. The zero-order valence-electron chi connectivity index (χ0n) is 13.5. The molecule has 1 aromatic carbocycles. The van der Waals surface area contributed by atoms with Crippen LogP contribution in [0.4, 0.5) is 4.39 Å². The van der Waals surface area contributed by atoms with Crippen LogP contribution in [0.25, 0.3) is 5.69 Å². The van der Waals surface area contributed by atoms with Crippen LogP contribution in [0.5, 0.6) is 0 Å². The van der Waals surface area contributed by atoms with Gasteiger partial charge in [-0.3, -0.25) is 4.79 Å². The Hall–Kier alpha value is -1.99. The van der Waals surface area contributed by atoms with Crippen molar-refractivity contribution in [2.24, 2.45) is 5.92 Å². The number of ether oxygens (including phenoxy) is 1. The molecule has 0 unspecified atom stereocenters. The van der Waals surface area contributed by atoms with Gasteiger partial charge in [0.2, 0.25) is 0 Å². The predicted octanol–water partition coefficient (Wildman–Crippen LogP) is 2.75. The second kappa shape index (κ2) is 6.38. The third-order valence-electron chi connectivity index (χ3n) is 5.01. The Labute approximate surface area is 149 Å². The fraction of sp³-hybridized carbons (Fsp3) is 0.471. The summed E-state index contributed by atoms with van der Waals surface area (Å²) in [6.07, 6.45) is 5.28. The second-order valence-corrected chi connectivity index (χ2v) is 7.03. The molecule has 2 fully saturated rings. The Kier molecular flexibility index (Phi) is 4.21. The normalized spacial score (nSPS) is 19.6. The number of hydrogen-bond acceptors (Lipinski definition) is 4. The summed E-state index contributed by atoms with van der Waals surface area (Å²) in [6.45, 7) is 1.30. The van der Waals surface area contributed by atoms with E-state index in [4.69, 9.17) is 16.3 Å². The number of carbonyl (C=O) groups is 1. The quantitative estimate of drug-likeness (QED) is 0.905. The van der Waals surface area contributed by atoms with Crippen molar-refractivity contribution in [2.45, 2.75) is 31.2 Å². The number of rotatable bonds is 4. The van der Waals surface area contributed by atoms with E-state index in [1.807, 2.05) is 0 Å². The molecule has 1 amide bonds. The molecule has 1 N–H and O–H groups in total. The van der Waals surface area contributed by atoms with E-state index in [9.17, 15) is 9.18 Å². The van der Waals surface area contributed by atoms with Crippen molar-refractivity contribution in [3.8, 4) is 5.69 Å². The Bertz CT molecular complexity index is 800. The van der Waals surface area contributed by atoms with E-state index in [1.54, 1.807) is 6.07 Å². The molecule has 4 rings (SSSR count). The van der Waals surface area contributed by atoms with Crippen molar-refractivity contribution < 1.29 is 13.9 Å². The molecular formula is C17H18ClFN4O2. The molecule has 0 spiro atoms. The molecule has 1 saturated heterocycles. The summed E-state index contributed by atoms with van der Waals surface area (Å²) in [5.74, 6) is -0.386. The molecule has 2 aromatic rings. The molecule has 2 aliphatic rings. The number of amides is 1. The first-order valence-corrected chi connectivity index (χ1v) is 8.74. The lowest BCUT2D eigenvalue weighted by Crippen LogP contribution is -2.53. The van der Waals surface area contributed by atoms with Gasteiger partial charge < -0.3 is 10.1 Å². The summed E-state index contributed by atoms with van der Waals surface area (Å²) in [7, 11) is 0. The summed E-state index contributed by atoms with van der Waals surface area (Å²) < 4.78 is 20.8. The van der Waals surface area contributed by atoms with Gasteiger partial charge in [0.05, 0.1) is 11.2 Å². The number of hydrogen-bond donors (Lipinski definition) is 1. The lowest BCUT2D eigenvalue weighted by atomic mass is 9.84. The van der Waals surface area contributed by atoms with Crippen LogP contribution >= 0.6 is 11.6 Å². The summed E-state index contributed by atoms with van der Waals surface area (Å²) in [5, 5.41) is 10.9. The van der Waals surface area contributed by atoms with Gasteiger partial charge in [0.15, 0.2) is 11.5 Å². The largest absolute Gasteiger partial charge is 0.381 e. The minimum atomic E-state index is -0.597. The summed E-state index contributed by atoms with van der Waals surface area (Å²) in [6, 6.07) is 4.60. The van der Waals surface area contributed by atoms with Crippen molar-refractivity contribution in [3.63, 3.8) is 0 Å². The van der Waals surface area contributed by atoms with E-state index >= 15 is 0 Å². The van der Waals surface area contributed by atoms with Gasteiger partial charge in [-0.05, 0) is 43.7 Å². The summed E-state index contributed by atoms with van der Waals surface area (Å²) in [4.78, 5) is 12.7. The van der Waals surface area contributed by atoms with E-state index in [-0.39, 0.29) is 27.9 Å². The first kappa shape index (κ1) is 16.5. The van der Waals surface area contributed by atoms with Gasteiger partial charge in [0.1, 0.15) is 5.69 Å². The molecule has 132 valence electrons. The fourth-order valence-electron chi connectivity index (χ4n) is 3.45. The van der Waals surface area contributed by atoms with Crippen molar-refractivity contribution >= 4 is 17.5 Å². The molecule has 6 nitrogen and oxygen atoms in total. The van der Waals surface area contributed by atoms with Crippen molar-refractivity contribution in [3.05, 3.63) is 40.9 Å². The topological polar surface area (TPSA) is 69.0 Å². The summed E-state index contributed by atoms with van der Waals surface area (Å²) >= 11 is 5.79. The van der Waals surface area contributed by atoms with Crippen LogP contribution in [0.15, 0.2) is 24.4 Å². The highest BCUT2D eigenvalue weighted by Crippen LogP contribution is 2.44. The predicted molar refractivity (Wildman–Crippen MR) is 89.3 cm³/mol. The SMILES string of the molecule is O=C(NC1(C2CC2)CCOCC1)c1cn(-c2cccc(Cl)c2F)nn1. The molecule has 1 saturated carbocycles. The highest BCUT2D eigenvalue weighted by atomic mass is 35.5. The van der Waals surface area contributed by atoms with E-state index in [1.165, 1.54) is 23.0 Å². The third kappa shape index (κ3) is 3.14. The van der Waals surface area contributed by atoms with Gasteiger partial charge in [0, 0.05) is 18.8 Å². The maximum atomic E-state index is 14.1. The van der Waals surface area contributed by atoms with E-state index < -0.39 is 5.82 Å². The van der Waals surface area contributed by atoms with Crippen LogP contribution in [0.3, 0.4) is 0 Å². The van der Waals surface area contributed by atoms with Gasteiger partial charge in [-0.25, -0.2) is 9.07 Å². The number of halogens is 2. The first-order valence-electron chi connectivity index (χ1n) is 8.36. The molecule has 1 aliphatic heterocycles. The van der Waals surface area contributed by atoms with Gasteiger partial charge in [-0.15, -0.1) is 5.10 Å². The van der Waals surface area contributed by atoms with Crippen molar-refractivity contribution in [1.82, 2.24) is 20.3 Å². The molecule has 0 radical (unpaired) electrons. The molecule has 1 aromatic heterocycles. The van der Waals surface area contributed by atoms with Gasteiger partial charge >= 0.3 is 0 Å². The van der Waals surface area contributed by atoms with Gasteiger partial charge in [-0.1, -0.05) is 22.9 Å². The number of nitrogens with zero attached hydrogens (tertiary/aromatic N) is 3. The van der Waals surface area contributed by atoms with Crippen LogP contribution in [0.1, 0.15) is 36.2 Å². The van der Waals surface area contributed by atoms with E-state index in [0.717, 1.165) is 25.7 Å². The molecule has 0 bridgehead atoms. The highest BCUT2D eigenvalue weighted by molar-refractivity contribution is 6.30. The Balaban J connectivity index is 1.55. The number of aromatic nitrogens is 3. The zero-order chi connectivity index (χ0) is 17.4. The molecule has 1 aliphatic carbocycles.